The van der Waals surface area contributed by atoms with Gasteiger partial charge in [0.1, 0.15) is 5.75 Å². The van der Waals surface area contributed by atoms with E-state index in [1.54, 1.807) is 47.4 Å². The first-order valence-corrected chi connectivity index (χ1v) is 7.42. The number of hydrogen-bond donors (Lipinski definition) is 2. The number of hydrogen-bond acceptors (Lipinski definition) is 3. The molecule has 0 spiro atoms. The zero-order valence-corrected chi connectivity index (χ0v) is 13.2. The molecule has 2 amide bonds. The predicted molar refractivity (Wildman–Crippen MR) is 89.1 cm³/mol. The third kappa shape index (κ3) is 4.01. The summed E-state index contributed by atoms with van der Waals surface area (Å²) in [4.78, 5) is 14.2. The fourth-order valence-corrected chi connectivity index (χ4v) is 2.38. The van der Waals surface area contributed by atoms with Gasteiger partial charge in [0, 0.05) is 12.2 Å². The van der Waals surface area contributed by atoms with Crippen LogP contribution in [0.25, 0.3) is 0 Å². The molecule has 0 aliphatic carbocycles. The molecule has 0 saturated heterocycles. The highest BCUT2D eigenvalue weighted by atomic mass is 16.3. The highest BCUT2D eigenvalue weighted by molar-refractivity contribution is 5.89. The van der Waals surface area contributed by atoms with Crippen molar-refractivity contribution in [3.63, 3.8) is 0 Å². The molecule has 5 nitrogen and oxygen atoms in total. The van der Waals surface area contributed by atoms with E-state index in [0.29, 0.717) is 17.8 Å². The number of nitriles is 1. The largest absolute Gasteiger partial charge is 0.508 e. The Hall–Kier alpha value is -3.00. The lowest BCUT2D eigenvalue weighted by molar-refractivity contribution is 0.197. The Balaban J connectivity index is 2.12. The third-order valence-electron chi connectivity index (χ3n) is 3.69. The summed E-state index contributed by atoms with van der Waals surface area (Å²) in [6.45, 7) is 4.34. The van der Waals surface area contributed by atoms with E-state index in [1.807, 2.05) is 26.0 Å². The van der Waals surface area contributed by atoms with Gasteiger partial charge in [-0.05, 0) is 55.8 Å². The molecule has 0 saturated carbocycles. The molecule has 0 aromatic heterocycles. The Morgan fingerprint density at radius 1 is 1.30 bits per heavy atom. The smallest absolute Gasteiger partial charge is 0.322 e. The number of benzene rings is 2. The van der Waals surface area contributed by atoms with Gasteiger partial charge in [-0.2, -0.15) is 5.26 Å². The molecule has 2 aromatic carbocycles. The fraction of sp³-hybridized carbons (Fsp3) is 0.222. The van der Waals surface area contributed by atoms with Crippen molar-refractivity contribution in [3.05, 3.63) is 59.7 Å². The Bertz CT molecular complexity index is 720. The van der Waals surface area contributed by atoms with Gasteiger partial charge in [-0.3, -0.25) is 0 Å². The van der Waals surface area contributed by atoms with Crippen molar-refractivity contribution < 1.29 is 9.90 Å². The molecular weight excluding hydrogens is 290 g/mol. The molecule has 2 aromatic rings. The summed E-state index contributed by atoms with van der Waals surface area (Å²) in [5.74, 6) is 0.179. The molecule has 1 unspecified atom stereocenters. The molecule has 5 heteroatoms. The zero-order valence-electron chi connectivity index (χ0n) is 13.2. The maximum Gasteiger partial charge on any atom is 0.322 e. The first-order chi connectivity index (χ1) is 11.0. The minimum Gasteiger partial charge on any atom is -0.508 e. The summed E-state index contributed by atoms with van der Waals surface area (Å²) in [6.07, 6.45) is 0. The summed E-state index contributed by atoms with van der Waals surface area (Å²) < 4.78 is 0. The molecule has 2 N–H and O–H groups in total. The summed E-state index contributed by atoms with van der Waals surface area (Å²) in [7, 11) is 0. The monoisotopic (exact) mass is 309 g/mol. The predicted octanol–water partition coefficient (Wildman–Crippen LogP) is 3.88. The number of amides is 2. The molecule has 0 bridgehead atoms. The van der Waals surface area contributed by atoms with Crippen LogP contribution in [0.15, 0.2) is 48.5 Å². The van der Waals surface area contributed by atoms with E-state index in [4.69, 9.17) is 5.26 Å². The molecule has 0 aliphatic rings. The molecule has 0 fully saturated rings. The maximum atomic E-state index is 12.5. The van der Waals surface area contributed by atoms with Gasteiger partial charge in [0.05, 0.1) is 17.7 Å². The molecule has 0 radical (unpaired) electrons. The van der Waals surface area contributed by atoms with E-state index in [2.05, 4.69) is 5.32 Å². The Morgan fingerprint density at radius 2 is 2.00 bits per heavy atom. The van der Waals surface area contributed by atoms with Crippen LogP contribution in [0.1, 0.15) is 31.0 Å². The number of aromatic hydroxyl groups is 1. The topological polar surface area (TPSA) is 76.4 Å². The van der Waals surface area contributed by atoms with Crippen LogP contribution in [0.3, 0.4) is 0 Å². The van der Waals surface area contributed by atoms with Crippen LogP contribution in [0.4, 0.5) is 10.5 Å². The average Bonchev–Trinajstić information content (AvgIpc) is 2.56. The van der Waals surface area contributed by atoms with Gasteiger partial charge < -0.3 is 15.3 Å². The maximum absolute atomic E-state index is 12.5. The number of nitrogens with one attached hydrogen (secondary N) is 1. The van der Waals surface area contributed by atoms with Gasteiger partial charge >= 0.3 is 6.03 Å². The molecule has 0 heterocycles. The van der Waals surface area contributed by atoms with Crippen LogP contribution in [0.5, 0.6) is 5.75 Å². The van der Waals surface area contributed by atoms with Crippen molar-refractivity contribution in [3.8, 4) is 11.8 Å². The van der Waals surface area contributed by atoms with E-state index in [9.17, 15) is 9.90 Å². The molecule has 2 rings (SSSR count). The zero-order chi connectivity index (χ0) is 16.8. The summed E-state index contributed by atoms with van der Waals surface area (Å²) >= 11 is 0. The quantitative estimate of drug-likeness (QED) is 0.900. The van der Waals surface area contributed by atoms with Crippen LogP contribution in [0, 0.1) is 11.3 Å². The van der Waals surface area contributed by atoms with Crippen LogP contribution < -0.4 is 5.32 Å². The Morgan fingerprint density at radius 3 is 2.57 bits per heavy atom. The first-order valence-electron chi connectivity index (χ1n) is 7.42. The molecular formula is C18H19N3O2. The average molecular weight is 309 g/mol. The SMILES string of the molecule is CCN(C(=O)Nc1ccc(C#N)cc1)C(C)c1cccc(O)c1. The van der Waals surface area contributed by atoms with E-state index < -0.39 is 0 Å². The van der Waals surface area contributed by atoms with Gasteiger partial charge in [0.2, 0.25) is 0 Å². The van der Waals surface area contributed by atoms with Crippen molar-refractivity contribution in [2.45, 2.75) is 19.9 Å². The highest BCUT2D eigenvalue weighted by Crippen LogP contribution is 2.24. The number of phenols is 1. The van der Waals surface area contributed by atoms with Crippen molar-refractivity contribution in [2.24, 2.45) is 0 Å². The molecule has 1 atom stereocenters. The second kappa shape index (κ2) is 7.32. The van der Waals surface area contributed by atoms with E-state index in [1.165, 1.54) is 0 Å². The molecule has 118 valence electrons. The van der Waals surface area contributed by atoms with E-state index in [-0.39, 0.29) is 17.8 Å². The molecule has 23 heavy (non-hydrogen) atoms. The Kier molecular flexibility index (Phi) is 5.21. The standard InChI is InChI=1S/C18H19N3O2/c1-3-21(13(2)15-5-4-6-17(22)11-15)18(23)20-16-9-7-14(12-19)8-10-16/h4-11,13,22H,3H2,1-2H3,(H,20,23). The number of rotatable bonds is 4. The van der Waals surface area contributed by atoms with Crippen molar-refractivity contribution in [1.29, 1.82) is 5.26 Å². The minimum atomic E-state index is -0.229. The number of nitrogens with zero attached hydrogens (tertiary/aromatic N) is 2. The van der Waals surface area contributed by atoms with Gasteiger partial charge in [-0.25, -0.2) is 4.79 Å². The summed E-state index contributed by atoms with van der Waals surface area (Å²) in [5, 5.41) is 21.2. The van der Waals surface area contributed by atoms with Crippen LogP contribution in [-0.2, 0) is 0 Å². The number of anilines is 1. The van der Waals surface area contributed by atoms with E-state index >= 15 is 0 Å². The first kappa shape index (κ1) is 16.4. The van der Waals surface area contributed by atoms with Crippen molar-refractivity contribution in [1.82, 2.24) is 4.90 Å². The number of carbonyl (C=O) groups is 1. The highest BCUT2D eigenvalue weighted by Gasteiger charge is 2.20. The van der Waals surface area contributed by atoms with Crippen LogP contribution in [0.2, 0.25) is 0 Å². The van der Waals surface area contributed by atoms with Crippen LogP contribution in [-0.4, -0.2) is 22.6 Å². The fourth-order valence-electron chi connectivity index (χ4n) is 2.38. The van der Waals surface area contributed by atoms with Gasteiger partial charge in [-0.15, -0.1) is 0 Å². The van der Waals surface area contributed by atoms with Crippen molar-refractivity contribution in [2.75, 3.05) is 11.9 Å². The van der Waals surface area contributed by atoms with Crippen molar-refractivity contribution >= 4 is 11.7 Å². The van der Waals surface area contributed by atoms with E-state index in [0.717, 1.165) is 5.56 Å². The summed E-state index contributed by atoms with van der Waals surface area (Å²) in [5.41, 5.74) is 2.04. The molecule has 0 aliphatic heterocycles. The van der Waals surface area contributed by atoms with Gasteiger partial charge in [-0.1, -0.05) is 12.1 Å². The Labute approximate surface area is 135 Å². The lowest BCUT2D eigenvalue weighted by Gasteiger charge is -2.28. The second-order valence-electron chi connectivity index (χ2n) is 5.18. The van der Waals surface area contributed by atoms with Gasteiger partial charge in [0.15, 0.2) is 0 Å². The second-order valence-corrected chi connectivity index (χ2v) is 5.18. The normalized spacial score (nSPS) is 11.3. The third-order valence-corrected chi connectivity index (χ3v) is 3.69. The summed E-state index contributed by atoms with van der Waals surface area (Å²) in [6, 6.07) is 15.2. The minimum absolute atomic E-state index is 0.175. The number of urea groups is 1. The number of carbonyl (C=O) groups excluding carboxylic acids is 1. The van der Waals surface area contributed by atoms with Gasteiger partial charge in [0.25, 0.3) is 0 Å². The lowest BCUT2D eigenvalue weighted by atomic mass is 10.1. The number of phenolic OH excluding ortho intramolecular Hbond substituents is 1. The van der Waals surface area contributed by atoms with Crippen LogP contribution >= 0.6 is 0 Å². The lowest BCUT2D eigenvalue weighted by Crippen LogP contribution is -2.36.